The van der Waals surface area contributed by atoms with Crippen LogP contribution < -0.4 is 10.6 Å². The van der Waals surface area contributed by atoms with Gasteiger partial charge in [0.05, 0.1) is 0 Å². The van der Waals surface area contributed by atoms with E-state index in [0.29, 0.717) is 30.3 Å². The summed E-state index contributed by atoms with van der Waals surface area (Å²) in [7, 11) is -3.67. The number of rotatable bonds is 2. The summed E-state index contributed by atoms with van der Waals surface area (Å²) >= 11 is 0. The number of hydrogen-bond acceptors (Lipinski definition) is 5. The Balaban J connectivity index is 0.00000210. The average Bonchev–Trinajstić information content (AvgIpc) is 3.20. The molecular formula is C18H25ClN4O3S. The Morgan fingerprint density at radius 2 is 2.07 bits per heavy atom. The number of hydrogen-bond donors (Lipinski definition) is 2. The second-order valence-electron chi connectivity index (χ2n) is 7.32. The molecule has 0 spiro atoms. The summed E-state index contributed by atoms with van der Waals surface area (Å²) in [5.74, 6) is 0.806. The number of halogens is 1. The van der Waals surface area contributed by atoms with Gasteiger partial charge in [-0.05, 0) is 43.9 Å². The molecule has 148 valence electrons. The molecule has 0 saturated carbocycles. The summed E-state index contributed by atoms with van der Waals surface area (Å²) in [6, 6.07) is 6.57. The quantitative estimate of drug-likeness (QED) is 0.760. The largest absolute Gasteiger partial charge is 0.350 e. The standard InChI is InChI=1S/C18H24N4O3S.ClH/c1-12-8-9-19-11-14(12)20-18(23)15-6-4-10-22(15)17-13-5-2-3-7-16(13)26(24,25)21-17;/h2-3,5,7,12,14-15,19H,4,6,8-11H2,1H3,(H,20,23);1H. The Bertz CT molecular complexity index is 858. The molecule has 3 atom stereocenters. The molecule has 3 aliphatic heterocycles. The number of carbonyl (C=O) groups is 1. The lowest BCUT2D eigenvalue weighted by Gasteiger charge is -2.33. The molecule has 3 unspecified atom stereocenters. The van der Waals surface area contributed by atoms with Crippen LogP contribution in [0.5, 0.6) is 0 Å². The molecule has 3 aliphatic rings. The first-order valence-corrected chi connectivity index (χ1v) is 10.6. The predicted octanol–water partition coefficient (Wildman–Crippen LogP) is 1.14. The van der Waals surface area contributed by atoms with E-state index in [9.17, 15) is 13.2 Å². The lowest BCUT2D eigenvalue weighted by atomic mass is 9.94. The molecule has 27 heavy (non-hydrogen) atoms. The van der Waals surface area contributed by atoms with Crippen molar-refractivity contribution in [3.05, 3.63) is 29.8 Å². The number of likely N-dealkylation sites (tertiary alicyclic amines) is 1. The summed E-state index contributed by atoms with van der Waals surface area (Å²) in [6.45, 7) is 4.55. The van der Waals surface area contributed by atoms with Crippen LogP contribution in [0.15, 0.2) is 33.6 Å². The maximum atomic E-state index is 12.9. The summed E-state index contributed by atoms with van der Waals surface area (Å²) < 4.78 is 28.7. The van der Waals surface area contributed by atoms with Crippen LogP contribution in [0.25, 0.3) is 0 Å². The molecular weight excluding hydrogens is 388 g/mol. The molecule has 4 rings (SSSR count). The molecule has 0 aromatic heterocycles. The van der Waals surface area contributed by atoms with Gasteiger partial charge in [-0.15, -0.1) is 16.8 Å². The van der Waals surface area contributed by atoms with Gasteiger partial charge in [-0.25, -0.2) is 0 Å². The molecule has 0 bridgehead atoms. The minimum atomic E-state index is -3.67. The van der Waals surface area contributed by atoms with E-state index in [2.05, 4.69) is 22.0 Å². The monoisotopic (exact) mass is 412 g/mol. The van der Waals surface area contributed by atoms with Gasteiger partial charge in [0.1, 0.15) is 10.9 Å². The number of fused-ring (bicyclic) bond motifs is 1. The Hall–Kier alpha value is -1.64. The average molecular weight is 413 g/mol. The zero-order chi connectivity index (χ0) is 18.3. The summed E-state index contributed by atoms with van der Waals surface area (Å²) in [5, 5.41) is 6.48. The van der Waals surface area contributed by atoms with Gasteiger partial charge in [-0.1, -0.05) is 19.1 Å². The van der Waals surface area contributed by atoms with Crippen molar-refractivity contribution < 1.29 is 13.2 Å². The van der Waals surface area contributed by atoms with E-state index >= 15 is 0 Å². The molecule has 1 aromatic rings. The van der Waals surface area contributed by atoms with Gasteiger partial charge in [0.15, 0.2) is 5.84 Å². The number of amidine groups is 1. The lowest BCUT2D eigenvalue weighted by Crippen LogP contribution is -2.55. The molecule has 2 fully saturated rings. The van der Waals surface area contributed by atoms with Crippen molar-refractivity contribution in [2.75, 3.05) is 19.6 Å². The molecule has 3 heterocycles. The fourth-order valence-electron chi connectivity index (χ4n) is 4.05. The first-order valence-electron chi connectivity index (χ1n) is 9.19. The second kappa shape index (κ2) is 7.77. The van der Waals surface area contributed by atoms with Crippen molar-refractivity contribution in [3.8, 4) is 0 Å². The first-order chi connectivity index (χ1) is 12.5. The molecule has 2 N–H and O–H groups in total. The normalized spacial score (nSPS) is 28.9. The highest BCUT2D eigenvalue weighted by Gasteiger charge is 2.40. The zero-order valence-electron chi connectivity index (χ0n) is 15.2. The Morgan fingerprint density at radius 1 is 1.30 bits per heavy atom. The molecule has 2 saturated heterocycles. The molecule has 1 aromatic carbocycles. The molecule has 0 aliphatic carbocycles. The lowest BCUT2D eigenvalue weighted by molar-refractivity contribution is -0.125. The number of amides is 1. The van der Waals surface area contributed by atoms with Crippen LogP contribution >= 0.6 is 12.4 Å². The maximum Gasteiger partial charge on any atom is 0.285 e. The molecule has 1 amide bonds. The van der Waals surface area contributed by atoms with Crippen molar-refractivity contribution in [2.24, 2.45) is 10.3 Å². The smallest absolute Gasteiger partial charge is 0.285 e. The van der Waals surface area contributed by atoms with Crippen LogP contribution in [0, 0.1) is 5.92 Å². The highest BCUT2D eigenvalue weighted by atomic mass is 35.5. The van der Waals surface area contributed by atoms with Crippen LogP contribution in [-0.4, -0.2) is 56.8 Å². The van der Waals surface area contributed by atoms with Crippen LogP contribution in [0.3, 0.4) is 0 Å². The van der Waals surface area contributed by atoms with Crippen LogP contribution in [0.1, 0.15) is 31.7 Å². The number of benzene rings is 1. The minimum absolute atomic E-state index is 0. The predicted molar refractivity (Wildman–Crippen MR) is 106 cm³/mol. The topological polar surface area (TPSA) is 90.9 Å². The molecule has 9 heteroatoms. The van der Waals surface area contributed by atoms with E-state index in [0.717, 1.165) is 25.9 Å². The van der Waals surface area contributed by atoms with E-state index < -0.39 is 10.0 Å². The third-order valence-electron chi connectivity index (χ3n) is 5.60. The van der Waals surface area contributed by atoms with Gasteiger partial charge in [0.25, 0.3) is 10.0 Å². The molecule has 0 radical (unpaired) electrons. The highest BCUT2D eigenvalue weighted by molar-refractivity contribution is 7.90. The van der Waals surface area contributed by atoms with Crippen molar-refractivity contribution in [1.82, 2.24) is 15.5 Å². The Kier molecular flexibility index (Phi) is 5.79. The second-order valence-corrected chi connectivity index (χ2v) is 8.90. The number of nitrogens with one attached hydrogen (secondary N) is 2. The van der Waals surface area contributed by atoms with Crippen molar-refractivity contribution >= 4 is 34.2 Å². The van der Waals surface area contributed by atoms with Crippen molar-refractivity contribution in [3.63, 3.8) is 0 Å². The maximum absolute atomic E-state index is 12.9. The Morgan fingerprint density at radius 3 is 2.85 bits per heavy atom. The third-order valence-corrected chi connectivity index (χ3v) is 6.92. The van der Waals surface area contributed by atoms with Crippen molar-refractivity contribution in [1.29, 1.82) is 0 Å². The van der Waals surface area contributed by atoms with Gasteiger partial charge in [0, 0.05) is 24.7 Å². The van der Waals surface area contributed by atoms with E-state index in [4.69, 9.17) is 0 Å². The van der Waals surface area contributed by atoms with Gasteiger partial charge < -0.3 is 15.5 Å². The minimum Gasteiger partial charge on any atom is -0.350 e. The molecule has 7 nitrogen and oxygen atoms in total. The van der Waals surface area contributed by atoms with Gasteiger partial charge in [-0.2, -0.15) is 8.42 Å². The van der Waals surface area contributed by atoms with Gasteiger partial charge in [-0.3, -0.25) is 4.79 Å². The SMILES string of the molecule is CC1CCNCC1NC(=O)C1CCCN1C1=NS(=O)(=O)c2ccccc21.Cl. The third kappa shape index (κ3) is 3.70. The summed E-state index contributed by atoms with van der Waals surface area (Å²) in [6.07, 6.45) is 2.59. The fourth-order valence-corrected chi connectivity index (χ4v) is 5.27. The first kappa shape index (κ1) is 20.1. The van der Waals surface area contributed by atoms with Crippen LogP contribution in [0.4, 0.5) is 0 Å². The number of nitrogens with zero attached hydrogens (tertiary/aromatic N) is 2. The van der Waals surface area contributed by atoms with E-state index in [1.165, 1.54) is 0 Å². The summed E-state index contributed by atoms with van der Waals surface area (Å²) in [5.41, 5.74) is 0.597. The van der Waals surface area contributed by atoms with Gasteiger partial charge in [0.2, 0.25) is 5.91 Å². The highest BCUT2D eigenvalue weighted by Crippen LogP contribution is 2.31. The van der Waals surface area contributed by atoms with Crippen LogP contribution in [0.2, 0.25) is 0 Å². The number of sulfonamides is 1. The zero-order valence-corrected chi connectivity index (χ0v) is 16.9. The van der Waals surface area contributed by atoms with E-state index in [1.54, 1.807) is 24.3 Å². The van der Waals surface area contributed by atoms with E-state index in [-0.39, 0.29) is 35.3 Å². The van der Waals surface area contributed by atoms with Crippen molar-refractivity contribution in [2.45, 2.75) is 43.2 Å². The van der Waals surface area contributed by atoms with E-state index in [1.807, 2.05) is 4.90 Å². The summed E-state index contributed by atoms with van der Waals surface area (Å²) in [4.78, 5) is 15.0. The fraction of sp³-hybridized carbons (Fsp3) is 0.556. The van der Waals surface area contributed by atoms with Gasteiger partial charge >= 0.3 is 0 Å². The van der Waals surface area contributed by atoms with Crippen LogP contribution in [-0.2, 0) is 14.8 Å². The number of piperidine rings is 1. The Labute approximate surface area is 166 Å². The number of carbonyl (C=O) groups excluding carboxylic acids is 1.